The van der Waals surface area contributed by atoms with Gasteiger partial charge in [-0.05, 0) is 54.9 Å². The topological polar surface area (TPSA) is 124 Å². The van der Waals surface area contributed by atoms with Crippen LogP contribution in [0.4, 0.5) is 24.5 Å². The highest BCUT2D eigenvalue weighted by Gasteiger charge is 2.26. The number of hydrogen-bond donors (Lipinski definition) is 3. The molecule has 3 aromatic rings. The van der Waals surface area contributed by atoms with E-state index in [1.165, 1.54) is 24.3 Å². The van der Waals surface area contributed by atoms with Gasteiger partial charge in [0.25, 0.3) is 0 Å². The normalized spacial score (nSPS) is 18.8. The Morgan fingerprint density at radius 3 is 2.71 bits per heavy atom. The lowest BCUT2D eigenvalue weighted by molar-refractivity contribution is -0.209. The highest BCUT2D eigenvalue weighted by atomic mass is 19.3. The van der Waals surface area contributed by atoms with Crippen LogP contribution < -0.4 is 20.9 Å². The molecule has 0 saturated carbocycles. The van der Waals surface area contributed by atoms with Crippen molar-refractivity contribution in [3.63, 3.8) is 0 Å². The molecule has 2 atom stereocenters. The van der Waals surface area contributed by atoms with Gasteiger partial charge in [0.1, 0.15) is 11.9 Å². The molecule has 2 unspecified atom stereocenters. The first-order valence-corrected chi connectivity index (χ1v) is 10.5. The predicted octanol–water partition coefficient (Wildman–Crippen LogP) is 3.06. The van der Waals surface area contributed by atoms with Crippen LogP contribution in [0.15, 0.2) is 59.9 Å². The van der Waals surface area contributed by atoms with Crippen molar-refractivity contribution in [1.82, 2.24) is 15.1 Å². The summed E-state index contributed by atoms with van der Waals surface area (Å²) >= 11 is 0. The first-order valence-electron chi connectivity index (χ1n) is 10.5. The summed E-state index contributed by atoms with van der Waals surface area (Å²) < 4.78 is 44.7. The lowest BCUT2D eigenvalue weighted by atomic mass is 10.0. The number of anilines is 1. The molecule has 0 amide bonds. The van der Waals surface area contributed by atoms with Crippen LogP contribution in [0.3, 0.4) is 0 Å². The molecular weight excluding hydrogens is 449 g/mol. The van der Waals surface area contributed by atoms with Gasteiger partial charge < -0.3 is 20.9 Å². The molecular formula is C23H22F3N6O2-. The molecule has 0 bridgehead atoms. The lowest BCUT2D eigenvalue weighted by Crippen LogP contribution is -2.39. The van der Waals surface area contributed by atoms with Crippen molar-refractivity contribution in [2.45, 2.75) is 25.2 Å². The molecule has 4 N–H and O–H groups in total. The molecule has 1 saturated heterocycles. The number of halogens is 3. The second-order valence-corrected chi connectivity index (χ2v) is 7.75. The SMILES string of the molecule is N=C(C([O-])=Nc1ccc(OC(F)F)cc1)c1cc(-c2cnn(C3CCNCC3F)c2)ccc1N. The van der Waals surface area contributed by atoms with E-state index in [1.54, 1.807) is 35.3 Å². The lowest BCUT2D eigenvalue weighted by Gasteiger charge is -2.26. The molecule has 178 valence electrons. The fraction of sp³-hybridized carbons (Fsp3) is 0.261. The molecule has 11 heteroatoms. The zero-order valence-electron chi connectivity index (χ0n) is 17.9. The minimum atomic E-state index is -2.96. The first-order chi connectivity index (χ1) is 16.3. The second-order valence-electron chi connectivity index (χ2n) is 7.75. The Morgan fingerprint density at radius 1 is 1.24 bits per heavy atom. The second kappa shape index (κ2) is 9.96. The minimum Gasteiger partial charge on any atom is -0.857 e. The highest BCUT2D eigenvalue weighted by Crippen LogP contribution is 2.28. The van der Waals surface area contributed by atoms with E-state index in [1.807, 2.05) is 0 Å². The fourth-order valence-electron chi connectivity index (χ4n) is 3.72. The molecule has 2 heterocycles. The standard InChI is InChI=1S/C23H23F3N6O2/c24-18-11-29-8-7-20(18)32-12-14(10-30-32)13-1-6-19(27)17(9-13)21(28)22(33)31-15-2-4-16(5-3-15)34-23(25)26/h1-6,9-10,12,18,20,23,28-29H,7-8,11,27H2,(H,31,33)/p-1. The third-order valence-electron chi connectivity index (χ3n) is 5.48. The third kappa shape index (κ3) is 5.20. The van der Waals surface area contributed by atoms with E-state index in [4.69, 9.17) is 11.1 Å². The number of nitrogens with zero attached hydrogens (tertiary/aromatic N) is 3. The van der Waals surface area contributed by atoms with Crippen molar-refractivity contribution in [1.29, 1.82) is 5.41 Å². The summed E-state index contributed by atoms with van der Waals surface area (Å²) in [6, 6.07) is 9.68. The number of hydrogen-bond acceptors (Lipinski definition) is 7. The number of piperidine rings is 1. The average Bonchev–Trinajstić information content (AvgIpc) is 3.30. The van der Waals surface area contributed by atoms with Crippen molar-refractivity contribution in [3.8, 4) is 16.9 Å². The number of nitrogen functional groups attached to an aromatic ring is 1. The number of aliphatic imine (C=N–C) groups is 1. The van der Waals surface area contributed by atoms with Gasteiger partial charge in [-0.15, -0.1) is 0 Å². The molecule has 2 aromatic carbocycles. The molecule has 1 aromatic heterocycles. The smallest absolute Gasteiger partial charge is 0.387 e. The van der Waals surface area contributed by atoms with E-state index in [0.29, 0.717) is 24.1 Å². The van der Waals surface area contributed by atoms with Gasteiger partial charge in [-0.25, -0.2) is 4.39 Å². The van der Waals surface area contributed by atoms with Crippen LogP contribution in [0.5, 0.6) is 5.75 Å². The molecule has 0 aliphatic carbocycles. The molecule has 1 aliphatic heterocycles. The molecule has 34 heavy (non-hydrogen) atoms. The monoisotopic (exact) mass is 471 g/mol. The third-order valence-corrected chi connectivity index (χ3v) is 5.48. The van der Waals surface area contributed by atoms with E-state index >= 15 is 0 Å². The summed E-state index contributed by atoms with van der Waals surface area (Å²) in [5.74, 6) is -0.922. The maximum Gasteiger partial charge on any atom is 0.387 e. The van der Waals surface area contributed by atoms with Crippen LogP contribution in [0.2, 0.25) is 0 Å². The maximum atomic E-state index is 14.3. The van der Waals surface area contributed by atoms with Gasteiger partial charge in [0.05, 0.1) is 23.6 Å². The Kier molecular flexibility index (Phi) is 6.82. The Balaban J connectivity index is 1.55. The van der Waals surface area contributed by atoms with Gasteiger partial charge in [-0.3, -0.25) is 15.1 Å². The number of ether oxygens (including phenoxy) is 1. The van der Waals surface area contributed by atoms with Crippen molar-refractivity contribution in [2.75, 3.05) is 18.8 Å². The minimum absolute atomic E-state index is 0.0717. The summed E-state index contributed by atoms with van der Waals surface area (Å²) in [5.41, 5.74) is 7.50. The molecule has 0 radical (unpaired) electrons. The van der Waals surface area contributed by atoms with Gasteiger partial charge in [0.15, 0.2) is 0 Å². The summed E-state index contributed by atoms with van der Waals surface area (Å²) in [4.78, 5) is 3.85. The average molecular weight is 471 g/mol. The zero-order valence-corrected chi connectivity index (χ0v) is 17.9. The first kappa shape index (κ1) is 23.3. The zero-order chi connectivity index (χ0) is 24.2. The van der Waals surface area contributed by atoms with Gasteiger partial charge in [0, 0.05) is 35.5 Å². The van der Waals surface area contributed by atoms with Gasteiger partial charge in [-0.2, -0.15) is 13.9 Å². The summed E-state index contributed by atoms with van der Waals surface area (Å²) in [7, 11) is 0. The van der Waals surface area contributed by atoms with Crippen molar-refractivity contribution in [3.05, 3.63) is 60.4 Å². The van der Waals surface area contributed by atoms with Crippen LogP contribution >= 0.6 is 0 Å². The number of nitrogens with two attached hydrogens (primary N) is 1. The number of nitrogens with one attached hydrogen (secondary N) is 2. The van der Waals surface area contributed by atoms with Crippen LogP contribution in [0, 0.1) is 5.41 Å². The number of aromatic nitrogens is 2. The van der Waals surface area contributed by atoms with Crippen LogP contribution in [0.25, 0.3) is 11.1 Å². The Hall–Kier alpha value is -3.86. The van der Waals surface area contributed by atoms with E-state index in [9.17, 15) is 18.3 Å². The number of rotatable bonds is 7. The van der Waals surface area contributed by atoms with E-state index in [2.05, 4.69) is 20.1 Å². The molecule has 0 spiro atoms. The van der Waals surface area contributed by atoms with Crippen LogP contribution in [0.1, 0.15) is 18.0 Å². The fourth-order valence-corrected chi connectivity index (χ4v) is 3.72. The summed E-state index contributed by atoms with van der Waals surface area (Å²) in [5, 5.41) is 28.2. The molecule has 4 rings (SSSR count). The Bertz CT molecular complexity index is 1200. The summed E-state index contributed by atoms with van der Waals surface area (Å²) in [6.07, 6.45) is 2.90. The number of alkyl halides is 3. The van der Waals surface area contributed by atoms with Gasteiger partial charge in [0.2, 0.25) is 0 Å². The Morgan fingerprint density at radius 2 is 2.00 bits per heavy atom. The highest BCUT2D eigenvalue weighted by molar-refractivity contribution is 6.44. The van der Waals surface area contributed by atoms with Gasteiger partial charge in [-0.1, -0.05) is 6.07 Å². The molecule has 1 fully saturated rings. The largest absolute Gasteiger partial charge is 0.857 e. The maximum absolute atomic E-state index is 14.3. The van der Waals surface area contributed by atoms with Crippen molar-refractivity contribution < 1.29 is 23.0 Å². The van der Waals surface area contributed by atoms with E-state index in [0.717, 1.165) is 0 Å². The van der Waals surface area contributed by atoms with Crippen molar-refractivity contribution in [2.24, 2.45) is 4.99 Å². The van der Waals surface area contributed by atoms with Gasteiger partial charge >= 0.3 is 6.61 Å². The number of benzene rings is 2. The Labute approximate surface area is 193 Å². The van der Waals surface area contributed by atoms with E-state index < -0.39 is 24.4 Å². The van der Waals surface area contributed by atoms with Crippen LogP contribution in [-0.2, 0) is 0 Å². The van der Waals surface area contributed by atoms with E-state index in [-0.39, 0.29) is 35.3 Å². The quantitative estimate of drug-likeness (QED) is 0.278. The van der Waals surface area contributed by atoms with Crippen LogP contribution in [-0.4, -0.2) is 47.3 Å². The molecule has 8 nitrogen and oxygen atoms in total. The summed E-state index contributed by atoms with van der Waals surface area (Å²) in [6.45, 7) is -1.98. The predicted molar refractivity (Wildman–Crippen MR) is 120 cm³/mol. The van der Waals surface area contributed by atoms with Crippen molar-refractivity contribution >= 4 is 23.0 Å². The molecule has 1 aliphatic rings.